The molecule has 0 radical (unpaired) electrons. The summed E-state index contributed by atoms with van der Waals surface area (Å²) in [6.07, 6.45) is -9.83. The number of methoxy groups -OCH3 is 1. The van der Waals surface area contributed by atoms with Crippen molar-refractivity contribution in [2.75, 3.05) is 13.7 Å². The van der Waals surface area contributed by atoms with Gasteiger partial charge in [-0.3, -0.25) is 4.90 Å². The molecular weight excluding hydrogens is 528 g/mol. The largest absolute Gasteiger partial charge is 0.496 e. The smallest absolute Gasteiger partial charge is 0.416 e. The summed E-state index contributed by atoms with van der Waals surface area (Å²) in [4.78, 5) is 14.2. The zero-order valence-corrected chi connectivity index (χ0v) is 21.6. The van der Waals surface area contributed by atoms with E-state index < -0.39 is 47.8 Å². The quantitative estimate of drug-likeness (QED) is 0.370. The molecule has 5 nitrogen and oxygen atoms in total. The number of nitrogens with zero attached hydrogens (tertiary/aromatic N) is 1. The van der Waals surface area contributed by atoms with Crippen LogP contribution in [0.1, 0.15) is 79.6 Å². The summed E-state index contributed by atoms with van der Waals surface area (Å²) in [5, 5.41) is 10.1. The summed E-state index contributed by atoms with van der Waals surface area (Å²) in [5.74, 6) is 0.590. The molecule has 1 aliphatic carbocycles. The van der Waals surface area contributed by atoms with Gasteiger partial charge in [0.25, 0.3) is 0 Å². The second-order valence-electron chi connectivity index (χ2n) is 9.94. The lowest BCUT2D eigenvalue weighted by molar-refractivity contribution is -0.143. The van der Waals surface area contributed by atoms with Gasteiger partial charge in [0.2, 0.25) is 0 Å². The van der Waals surface area contributed by atoms with E-state index in [2.05, 4.69) is 0 Å². The first-order valence-electron chi connectivity index (χ1n) is 12.5. The second kappa shape index (κ2) is 10.7. The van der Waals surface area contributed by atoms with Crippen molar-refractivity contribution in [2.24, 2.45) is 0 Å². The van der Waals surface area contributed by atoms with Crippen LogP contribution in [0.25, 0.3) is 5.57 Å². The Morgan fingerprint density at radius 1 is 1.03 bits per heavy atom. The standard InChI is InChI=1S/C28H29F6NO4/c1-15-25(19-10-20(27(29,30)31)13-21(11-19)28(32,33)34)39-26(37)35(15)14-18-6-4-5-7-22(18)23-12-17(16(2)36)8-9-24(23)38-3/h8-13,15-16,25,36H,4-7,14H2,1-3H3/t15-,16?,25-/m0/s1. The summed E-state index contributed by atoms with van der Waals surface area (Å²) in [6, 6.07) is 5.77. The molecule has 1 unspecified atom stereocenters. The Balaban J connectivity index is 1.70. The van der Waals surface area contributed by atoms with Crippen molar-refractivity contribution in [1.29, 1.82) is 0 Å². The zero-order chi connectivity index (χ0) is 28.7. The topological polar surface area (TPSA) is 59.0 Å². The van der Waals surface area contributed by atoms with Crippen LogP contribution in [0.15, 0.2) is 42.0 Å². The molecule has 2 aromatic carbocycles. The first-order valence-corrected chi connectivity index (χ1v) is 12.5. The normalized spacial score (nSPS) is 21.3. The molecule has 2 aliphatic rings. The van der Waals surface area contributed by atoms with Crippen LogP contribution in [0.4, 0.5) is 31.1 Å². The minimum Gasteiger partial charge on any atom is -0.496 e. The highest BCUT2D eigenvalue weighted by molar-refractivity contribution is 5.77. The van der Waals surface area contributed by atoms with Crippen molar-refractivity contribution in [2.45, 2.75) is 70.1 Å². The van der Waals surface area contributed by atoms with Crippen LogP contribution >= 0.6 is 0 Å². The molecule has 2 aromatic rings. The first kappa shape index (κ1) is 28.8. The zero-order valence-electron chi connectivity index (χ0n) is 21.6. The number of rotatable bonds is 6. The third-order valence-electron chi connectivity index (χ3n) is 7.30. The molecule has 3 atom stereocenters. The third kappa shape index (κ3) is 6.03. The summed E-state index contributed by atoms with van der Waals surface area (Å²) in [7, 11) is 1.53. The predicted octanol–water partition coefficient (Wildman–Crippen LogP) is 7.70. The first-order chi connectivity index (χ1) is 18.2. The Morgan fingerprint density at radius 2 is 1.64 bits per heavy atom. The van der Waals surface area contributed by atoms with E-state index in [1.807, 2.05) is 6.07 Å². The Bertz CT molecular complexity index is 1240. The summed E-state index contributed by atoms with van der Waals surface area (Å²) >= 11 is 0. The van der Waals surface area contributed by atoms with Crippen LogP contribution in [0.5, 0.6) is 5.75 Å². The van der Waals surface area contributed by atoms with E-state index in [0.29, 0.717) is 36.3 Å². The van der Waals surface area contributed by atoms with Crippen LogP contribution in [-0.2, 0) is 17.1 Å². The van der Waals surface area contributed by atoms with Crippen molar-refractivity contribution < 1.29 is 45.7 Å². The second-order valence-corrected chi connectivity index (χ2v) is 9.94. The molecule has 4 rings (SSSR count). The summed E-state index contributed by atoms with van der Waals surface area (Å²) in [6.45, 7) is 3.28. The number of halogens is 6. The van der Waals surface area contributed by atoms with E-state index in [-0.39, 0.29) is 18.2 Å². The van der Waals surface area contributed by atoms with Crippen LogP contribution < -0.4 is 4.74 Å². The maximum absolute atomic E-state index is 13.4. The molecular formula is C28H29F6NO4. The predicted molar refractivity (Wildman–Crippen MR) is 131 cm³/mol. The van der Waals surface area contributed by atoms with Gasteiger partial charge in [-0.2, -0.15) is 26.3 Å². The molecule has 1 fully saturated rings. The van der Waals surface area contributed by atoms with Gasteiger partial charge in [-0.1, -0.05) is 6.07 Å². The van der Waals surface area contributed by atoms with Gasteiger partial charge in [0.05, 0.1) is 30.4 Å². The van der Waals surface area contributed by atoms with Gasteiger partial charge >= 0.3 is 18.4 Å². The van der Waals surface area contributed by atoms with Gasteiger partial charge in [-0.25, -0.2) is 4.79 Å². The Kier molecular flexibility index (Phi) is 7.93. The highest BCUT2D eigenvalue weighted by Crippen LogP contribution is 2.43. The molecule has 0 aromatic heterocycles. The molecule has 0 spiro atoms. The number of allylic oxidation sites excluding steroid dienone is 1. The molecule has 0 bridgehead atoms. The lowest BCUT2D eigenvalue weighted by Crippen LogP contribution is -2.34. The van der Waals surface area contributed by atoms with Crippen molar-refractivity contribution in [3.63, 3.8) is 0 Å². The van der Waals surface area contributed by atoms with Crippen LogP contribution in [0.2, 0.25) is 0 Å². The number of hydrogen-bond acceptors (Lipinski definition) is 4. The number of carbonyl (C=O) groups is 1. The molecule has 39 heavy (non-hydrogen) atoms. The number of ether oxygens (including phenoxy) is 2. The van der Waals surface area contributed by atoms with Gasteiger partial charge < -0.3 is 14.6 Å². The van der Waals surface area contributed by atoms with Crippen molar-refractivity contribution in [1.82, 2.24) is 4.90 Å². The van der Waals surface area contributed by atoms with E-state index in [1.54, 1.807) is 26.0 Å². The minimum absolute atomic E-state index is 0.0522. The van der Waals surface area contributed by atoms with Crippen molar-refractivity contribution >= 4 is 11.7 Å². The fraction of sp³-hybridized carbons (Fsp3) is 0.464. The monoisotopic (exact) mass is 557 g/mol. The third-order valence-corrected chi connectivity index (χ3v) is 7.30. The van der Waals surface area contributed by atoms with E-state index in [9.17, 15) is 36.2 Å². The minimum atomic E-state index is -5.01. The average Bonchev–Trinajstić information content (AvgIpc) is 3.15. The van der Waals surface area contributed by atoms with E-state index >= 15 is 0 Å². The fourth-order valence-corrected chi connectivity index (χ4v) is 5.20. The van der Waals surface area contributed by atoms with Crippen molar-refractivity contribution in [3.8, 4) is 5.75 Å². The number of carbonyl (C=O) groups excluding carboxylic acids is 1. The number of hydrogen-bond donors (Lipinski definition) is 1. The SMILES string of the molecule is COc1ccc(C(C)O)cc1C1=C(CN2C(=O)O[C@H](c3cc(C(F)(F)F)cc(C(F)(F)F)c3)[C@@H]2C)CCCC1. The van der Waals surface area contributed by atoms with Crippen LogP contribution in [0.3, 0.4) is 0 Å². The average molecular weight is 558 g/mol. The highest BCUT2D eigenvalue weighted by Gasteiger charge is 2.43. The summed E-state index contributed by atoms with van der Waals surface area (Å²) in [5.41, 5.74) is -0.0102. The molecule has 1 N–H and O–H groups in total. The van der Waals surface area contributed by atoms with Gasteiger partial charge in [-0.15, -0.1) is 0 Å². The number of cyclic esters (lactones) is 1. The van der Waals surface area contributed by atoms with Crippen LogP contribution in [0, 0.1) is 0 Å². The van der Waals surface area contributed by atoms with Gasteiger partial charge in [0.1, 0.15) is 11.9 Å². The van der Waals surface area contributed by atoms with Gasteiger partial charge in [-0.05, 0) is 92.1 Å². The molecule has 212 valence electrons. The Hall–Kier alpha value is -3.21. The lowest BCUT2D eigenvalue weighted by atomic mass is 9.85. The number of benzene rings is 2. The van der Waals surface area contributed by atoms with E-state index in [1.165, 1.54) is 12.0 Å². The maximum atomic E-state index is 13.4. The van der Waals surface area contributed by atoms with Gasteiger partial charge in [0.15, 0.2) is 0 Å². The highest BCUT2D eigenvalue weighted by atomic mass is 19.4. The fourth-order valence-electron chi connectivity index (χ4n) is 5.20. The Labute approximate surface area is 222 Å². The van der Waals surface area contributed by atoms with Crippen LogP contribution in [-0.4, -0.2) is 35.8 Å². The maximum Gasteiger partial charge on any atom is 0.416 e. The molecule has 11 heteroatoms. The van der Waals surface area contributed by atoms with E-state index in [0.717, 1.165) is 29.6 Å². The molecule has 1 heterocycles. The lowest BCUT2D eigenvalue weighted by Gasteiger charge is -2.28. The molecule has 0 saturated carbocycles. The molecule has 1 aliphatic heterocycles. The van der Waals surface area contributed by atoms with Crippen molar-refractivity contribution in [3.05, 3.63) is 69.8 Å². The number of aliphatic hydroxyl groups is 1. The molecule has 1 amide bonds. The number of aliphatic hydroxyl groups excluding tert-OH is 1. The Morgan fingerprint density at radius 3 is 2.21 bits per heavy atom. The molecule has 1 saturated heterocycles. The number of alkyl halides is 6. The number of amides is 1. The summed E-state index contributed by atoms with van der Waals surface area (Å²) < 4.78 is 91.4. The van der Waals surface area contributed by atoms with Gasteiger partial charge in [0, 0.05) is 12.1 Å². The van der Waals surface area contributed by atoms with E-state index in [4.69, 9.17) is 9.47 Å².